The summed E-state index contributed by atoms with van der Waals surface area (Å²) in [7, 11) is 0. The molecule has 4 aliphatic rings. The predicted molar refractivity (Wildman–Crippen MR) is 202 cm³/mol. The molecule has 3 fully saturated rings. The van der Waals surface area contributed by atoms with Crippen LogP contribution in [0.5, 0.6) is 5.75 Å². The summed E-state index contributed by atoms with van der Waals surface area (Å²) >= 11 is 6.14. The number of carbonyl (C=O) groups is 5. The summed E-state index contributed by atoms with van der Waals surface area (Å²) in [5.41, 5.74) is 3.41. The van der Waals surface area contributed by atoms with Crippen molar-refractivity contribution in [3.8, 4) is 11.8 Å². The van der Waals surface area contributed by atoms with E-state index in [0.29, 0.717) is 28.4 Å². The number of hydrogen-bond acceptors (Lipinski definition) is 10. The molecule has 1 atom stereocenters. The Morgan fingerprint density at radius 2 is 1.63 bits per heavy atom. The Bertz CT molecular complexity index is 1980. The zero-order valence-corrected chi connectivity index (χ0v) is 30.6. The number of piperazine rings is 1. The van der Waals surface area contributed by atoms with Crippen LogP contribution in [0.2, 0.25) is 5.02 Å². The van der Waals surface area contributed by atoms with Crippen LogP contribution in [-0.4, -0.2) is 96.8 Å². The van der Waals surface area contributed by atoms with E-state index >= 15 is 0 Å². The Morgan fingerprint density at radius 1 is 0.889 bits per heavy atom. The van der Waals surface area contributed by atoms with Crippen molar-refractivity contribution in [2.75, 3.05) is 49.5 Å². The average molecular weight is 752 g/mol. The zero-order chi connectivity index (χ0) is 37.8. The van der Waals surface area contributed by atoms with Crippen LogP contribution in [-0.2, 0) is 9.59 Å². The number of nitriles is 1. The van der Waals surface area contributed by atoms with E-state index in [-0.39, 0.29) is 42.0 Å². The quantitative estimate of drug-likeness (QED) is 0.190. The first kappa shape index (κ1) is 36.9. The third kappa shape index (κ3) is 8.20. The van der Waals surface area contributed by atoms with Crippen molar-refractivity contribution in [1.82, 2.24) is 20.4 Å². The second-order valence-corrected chi connectivity index (χ2v) is 14.6. The first-order valence-corrected chi connectivity index (χ1v) is 18.9. The molecule has 3 aliphatic heterocycles. The molecule has 3 heterocycles. The third-order valence-corrected chi connectivity index (χ3v) is 11.0. The summed E-state index contributed by atoms with van der Waals surface area (Å²) in [6.07, 6.45) is 4.42. The highest BCUT2D eigenvalue weighted by Gasteiger charge is 2.44. The third-order valence-electron chi connectivity index (χ3n) is 10.7. The fraction of sp³-hybridized carbons (Fsp3) is 0.400. The Kier molecular flexibility index (Phi) is 11.1. The Labute approximate surface area is 318 Å². The number of imide groups is 2. The summed E-state index contributed by atoms with van der Waals surface area (Å²) < 4.78 is 6.08. The van der Waals surface area contributed by atoms with E-state index in [9.17, 15) is 24.0 Å². The Morgan fingerprint density at radius 3 is 2.33 bits per heavy atom. The predicted octanol–water partition coefficient (Wildman–Crippen LogP) is 4.36. The van der Waals surface area contributed by atoms with Gasteiger partial charge in [0, 0.05) is 68.2 Å². The molecule has 3 aromatic carbocycles. The smallest absolute Gasteiger partial charge is 0.262 e. The van der Waals surface area contributed by atoms with E-state index in [1.165, 1.54) is 0 Å². The average Bonchev–Trinajstić information content (AvgIpc) is 3.42. The second-order valence-electron chi connectivity index (χ2n) is 14.2. The molecule has 2 saturated heterocycles. The molecule has 1 unspecified atom stereocenters. The molecule has 14 heteroatoms. The number of fused-ring (bicyclic) bond motifs is 1. The molecule has 0 aromatic heterocycles. The largest absolute Gasteiger partial charge is 0.490 e. The lowest BCUT2D eigenvalue weighted by Gasteiger charge is -2.36. The van der Waals surface area contributed by atoms with Crippen LogP contribution in [0.15, 0.2) is 60.7 Å². The fourth-order valence-electron chi connectivity index (χ4n) is 7.62. The highest BCUT2D eigenvalue weighted by molar-refractivity contribution is 6.31. The van der Waals surface area contributed by atoms with Gasteiger partial charge in [0.05, 0.1) is 27.8 Å². The topological polar surface area (TPSA) is 164 Å². The number of amides is 5. The maximum Gasteiger partial charge on any atom is 0.262 e. The van der Waals surface area contributed by atoms with Gasteiger partial charge < -0.3 is 20.3 Å². The van der Waals surface area contributed by atoms with Crippen molar-refractivity contribution in [3.63, 3.8) is 0 Å². The molecule has 0 spiro atoms. The number of ether oxygens (including phenoxy) is 1. The van der Waals surface area contributed by atoms with Gasteiger partial charge in [-0.15, -0.1) is 0 Å². The molecule has 0 bridgehead atoms. The van der Waals surface area contributed by atoms with E-state index < -0.39 is 29.7 Å². The number of hydrogen-bond donors (Lipinski definition) is 3. The van der Waals surface area contributed by atoms with Crippen molar-refractivity contribution < 1.29 is 28.7 Å². The van der Waals surface area contributed by atoms with Gasteiger partial charge in [-0.05, 0) is 99.7 Å². The van der Waals surface area contributed by atoms with Crippen LogP contribution in [0.1, 0.15) is 81.6 Å². The van der Waals surface area contributed by atoms with Crippen LogP contribution in [0.4, 0.5) is 11.4 Å². The first-order chi connectivity index (χ1) is 26.2. The van der Waals surface area contributed by atoms with Gasteiger partial charge in [0.1, 0.15) is 17.9 Å². The highest BCUT2D eigenvalue weighted by Crippen LogP contribution is 2.30. The van der Waals surface area contributed by atoms with Gasteiger partial charge in [-0.1, -0.05) is 11.6 Å². The molecule has 3 N–H and O–H groups in total. The van der Waals surface area contributed by atoms with Gasteiger partial charge in [0.25, 0.3) is 17.7 Å². The van der Waals surface area contributed by atoms with Crippen LogP contribution in [0.25, 0.3) is 0 Å². The van der Waals surface area contributed by atoms with Gasteiger partial charge in [0.2, 0.25) is 11.8 Å². The number of halogens is 1. The van der Waals surface area contributed by atoms with Crippen molar-refractivity contribution in [1.29, 1.82) is 5.26 Å². The van der Waals surface area contributed by atoms with E-state index in [2.05, 4.69) is 31.8 Å². The van der Waals surface area contributed by atoms with E-state index in [1.807, 2.05) is 24.3 Å². The van der Waals surface area contributed by atoms with Crippen molar-refractivity contribution in [3.05, 3.63) is 87.9 Å². The number of anilines is 2. The van der Waals surface area contributed by atoms with Gasteiger partial charge >= 0.3 is 0 Å². The minimum Gasteiger partial charge on any atom is -0.490 e. The summed E-state index contributed by atoms with van der Waals surface area (Å²) in [5, 5.41) is 18.2. The monoisotopic (exact) mass is 751 g/mol. The summed E-state index contributed by atoms with van der Waals surface area (Å²) in [6, 6.07) is 19.1. The van der Waals surface area contributed by atoms with Crippen LogP contribution in [0, 0.1) is 11.3 Å². The first-order valence-electron chi connectivity index (χ1n) is 18.5. The number of benzene rings is 3. The van der Waals surface area contributed by atoms with E-state index in [1.54, 1.807) is 36.4 Å². The number of nitrogens with zero attached hydrogens (tertiary/aromatic N) is 4. The molecule has 280 valence electrons. The maximum absolute atomic E-state index is 13.1. The molecule has 0 radical (unpaired) electrons. The molecule has 7 rings (SSSR count). The van der Waals surface area contributed by atoms with Gasteiger partial charge in [-0.25, -0.2) is 0 Å². The second kappa shape index (κ2) is 16.3. The summed E-state index contributed by atoms with van der Waals surface area (Å²) in [4.78, 5) is 68.7. The standard InChI is InChI=1S/C40H42ClN7O6/c41-34-23-31(10-4-26(34)24-42)54-30-11-5-27(6-12-30)44-37(50)25-2-8-29(9-3-25)47-20-18-46(19-21-47)17-1-16-43-28-7-13-32-33(22-28)40(53)48(39(32)52)35-14-15-36(49)45-38(35)51/h2-4,7-10,13,22-23,27,30,35,43H,1,5-6,11-12,14-21H2,(H,44,50)(H,45,49,51). The lowest BCUT2D eigenvalue weighted by molar-refractivity contribution is -0.136. The molecule has 13 nitrogen and oxygen atoms in total. The van der Waals surface area contributed by atoms with Crippen molar-refractivity contribution in [2.45, 2.75) is 63.1 Å². The lowest BCUT2D eigenvalue weighted by atomic mass is 9.92. The molecule has 1 saturated carbocycles. The summed E-state index contributed by atoms with van der Waals surface area (Å²) in [5.74, 6) is -1.47. The number of rotatable bonds is 11. The van der Waals surface area contributed by atoms with E-state index in [4.69, 9.17) is 21.6 Å². The van der Waals surface area contributed by atoms with Gasteiger partial charge in [-0.3, -0.25) is 39.1 Å². The van der Waals surface area contributed by atoms with E-state index in [0.717, 1.165) is 81.1 Å². The van der Waals surface area contributed by atoms with Crippen LogP contribution < -0.4 is 25.6 Å². The Hall–Kier alpha value is -5.45. The minimum absolute atomic E-state index is 0.0408. The molecule has 3 aromatic rings. The van der Waals surface area contributed by atoms with Gasteiger partial charge in [0.15, 0.2) is 0 Å². The molecule has 5 amide bonds. The minimum atomic E-state index is -0.981. The molecule has 1 aliphatic carbocycles. The lowest BCUT2D eigenvalue weighted by Crippen LogP contribution is -2.54. The van der Waals surface area contributed by atoms with Crippen molar-refractivity contribution in [2.24, 2.45) is 0 Å². The SMILES string of the molecule is N#Cc1ccc(OC2CCC(NC(=O)c3ccc(N4CCN(CCCNc5ccc6c(c5)C(=O)N(C5CCC(=O)NC5=O)C6=O)CC4)cc3)CC2)cc1Cl. The molecule has 54 heavy (non-hydrogen) atoms. The zero-order valence-electron chi connectivity index (χ0n) is 29.8. The van der Waals surface area contributed by atoms with Crippen LogP contribution in [0.3, 0.4) is 0 Å². The summed E-state index contributed by atoms with van der Waals surface area (Å²) in [6.45, 7) is 5.18. The van der Waals surface area contributed by atoms with Crippen molar-refractivity contribution >= 4 is 52.5 Å². The fourth-order valence-corrected chi connectivity index (χ4v) is 7.83. The highest BCUT2D eigenvalue weighted by atomic mass is 35.5. The van der Waals surface area contributed by atoms with Crippen LogP contribution >= 0.6 is 11.6 Å². The number of piperidine rings is 1. The maximum atomic E-state index is 13.1. The molecular formula is C40H42ClN7O6. The number of nitrogens with one attached hydrogen (secondary N) is 3. The molecular weight excluding hydrogens is 710 g/mol. The Balaban J connectivity index is 0.802. The number of carbonyl (C=O) groups excluding carboxylic acids is 5. The normalized spacial score (nSPS) is 21.7. The van der Waals surface area contributed by atoms with Gasteiger partial charge in [-0.2, -0.15) is 5.26 Å².